The fraction of sp³-hybridized carbons (Fsp3) is 0.500. The van der Waals surface area contributed by atoms with E-state index in [1.165, 1.54) is 19.2 Å². The third kappa shape index (κ3) is 9.38. The van der Waals surface area contributed by atoms with E-state index in [4.69, 9.17) is 24.9 Å². The maximum absolute atomic E-state index is 17.2. The minimum Gasteiger partial charge on any atom is -0.508 e. The first-order valence-electron chi connectivity index (χ1n) is 25.2. The Morgan fingerprint density at radius 2 is 1.83 bits per heavy atom. The molecule has 2 atom stereocenters. The number of phenols is 1. The molecular formula is C54H63F2N9O6. The second-order valence-corrected chi connectivity index (χ2v) is 20.4. The van der Waals surface area contributed by atoms with Crippen molar-refractivity contribution in [1.29, 1.82) is 5.41 Å². The van der Waals surface area contributed by atoms with Crippen LogP contribution in [0.3, 0.4) is 0 Å². The molecule has 2 aromatic heterocycles. The number of rotatable bonds is 17. The first kappa shape index (κ1) is 48.3. The van der Waals surface area contributed by atoms with Gasteiger partial charge in [0.15, 0.2) is 5.82 Å². The zero-order chi connectivity index (χ0) is 49.6. The Morgan fingerprint density at radius 1 is 1.04 bits per heavy atom. The highest BCUT2D eigenvalue weighted by molar-refractivity contribution is 6.14. The van der Waals surface area contributed by atoms with Gasteiger partial charge >= 0.3 is 6.01 Å². The van der Waals surface area contributed by atoms with Crippen molar-refractivity contribution in [3.63, 3.8) is 0 Å². The van der Waals surface area contributed by atoms with Crippen molar-refractivity contribution in [2.45, 2.75) is 82.7 Å². The van der Waals surface area contributed by atoms with E-state index in [9.17, 15) is 19.5 Å². The number of fused-ring (bicyclic) bond motifs is 2. The average Bonchev–Trinajstić information content (AvgIpc) is 4.15. The van der Waals surface area contributed by atoms with Crippen LogP contribution in [0.5, 0.6) is 11.8 Å². The molecule has 71 heavy (non-hydrogen) atoms. The Bertz CT molecular complexity index is 2890. The molecule has 15 nitrogen and oxygen atoms in total. The van der Waals surface area contributed by atoms with Gasteiger partial charge < -0.3 is 50.1 Å². The van der Waals surface area contributed by atoms with E-state index in [1.54, 1.807) is 25.4 Å². The summed E-state index contributed by atoms with van der Waals surface area (Å²) in [6.07, 6.45) is 9.45. The van der Waals surface area contributed by atoms with Crippen molar-refractivity contribution < 1.29 is 37.7 Å². The minimum atomic E-state index is -0.729. The van der Waals surface area contributed by atoms with Gasteiger partial charge in [-0.3, -0.25) is 14.6 Å². The maximum Gasteiger partial charge on any atom is 0.319 e. The minimum absolute atomic E-state index is 0.0332. The van der Waals surface area contributed by atoms with Gasteiger partial charge in [-0.25, -0.2) is 8.78 Å². The van der Waals surface area contributed by atoms with Gasteiger partial charge in [-0.05, 0) is 103 Å². The number of anilines is 2. The molecule has 5 aliphatic rings. The zero-order valence-corrected chi connectivity index (χ0v) is 40.8. The Hall–Kier alpha value is -6.33. The number of carbonyl (C=O) groups is 3. The van der Waals surface area contributed by atoms with Crippen LogP contribution < -0.4 is 20.3 Å². The first-order chi connectivity index (χ1) is 34.4. The van der Waals surface area contributed by atoms with Gasteiger partial charge in [0.2, 0.25) is 11.8 Å². The summed E-state index contributed by atoms with van der Waals surface area (Å²) in [5, 5.41) is 26.9. The fourth-order valence-corrected chi connectivity index (χ4v) is 11.6. The van der Waals surface area contributed by atoms with Crippen LogP contribution in [0, 0.1) is 34.3 Å². The summed E-state index contributed by atoms with van der Waals surface area (Å²) in [6, 6.07) is 11.9. The van der Waals surface area contributed by atoms with Crippen LogP contribution in [0.25, 0.3) is 32.9 Å². The van der Waals surface area contributed by atoms with Crippen LogP contribution in [0.15, 0.2) is 48.7 Å². The number of likely N-dealkylation sites (tertiary alicyclic amines) is 2. The number of carbonyl (C=O) groups excluding carboxylic acids is 3. The number of aromatic nitrogens is 3. The molecule has 4 saturated heterocycles. The van der Waals surface area contributed by atoms with E-state index < -0.39 is 17.6 Å². The Labute approximate surface area is 412 Å². The molecule has 4 aliphatic heterocycles. The van der Waals surface area contributed by atoms with Crippen molar-refractivity contribution in [3.05, 3.63) is 77.0 Å². The summed E-state index contributed by atoms with van der Waals surface area (Å²) < 4.78 is 45.0. The van der Waals surface area contributed by atoms with Crippen LogP contribution in [-0.4, -0.2) is 132 Å². The molecule has 1 saturated carbocycles. The molecule has 1 spiro atoms. The second-order valence-electron chi connectivity index (χ2n) is 20.4. The second kappa shape index (κ2) is 19.7. The van der Waals surface area contributed by atoms with Crippen LogP contribution >= 0.6 is 0 Å². The lowest BCUT2D eigenvalue weighted by atomic mass is 9.85. The summed E-state index contributed by atoms with van der Waals surface area (Å²) in [5.41, 5.74) is 2.94. The summed E-state index contributed by atoms with van der Waals surface area (Å²) in [4.78, 5) is 58.2. The molecule has 374 valence electrons. The van der Waals surface area contributed by atoms with E-state index >= 15 is 8.78 Å². The smallest absolute Gasteiger partial charge is 0.319 e. The van der Waals surface area contributed by atoms with Crippen LogP contribution in [0.2, 0.25) is 0 Å². The van der Waals surface area contributed by atoms with E-state index in [0.29, 0.717) is 92.0 Å². The molecule has 5 fully saturated rings. The molecule has 1 aliphatic carbocycles. The van der Waals surface area contributed by atoms with E-state index in [2.05, 4.69) is 25.4 Å². The number of hydrogen-bond donors (Lipinski definition) is 4. The van der Waals surface area contributed by atoms with Crippen LogP contribution in [0.1, 0.15) is 87.3 Å². The SMILES string of the molecule is CCc1c(F)ccc2cc(O)cc(-c3ncc4c(N5CCC[C@]6(CCO6)C5)nc(OCC5(CN6CC(C(=O)N7CCC(c8ccc(C(=N)C(CCC=O)C(=O)NC)c(NC)c8)CC7)C6)CC5)nc4c3F)c12. The highest BCUT2D eigenvalue weighted by Crippen LogP contribution is 2.48. The first-order valence-corrected chi connectivity index (χ1v) is 25.2. The lowest BCUT2D eigenvalue weighted by Crippen LogP contribution is -2.56. The van der Waals surface area contributed by atoms with Gasteiger partial charge in [-0.15, -0.1) is 0 Å². The van der Waals surface area contributed by atoms with E-state index in [1.807, 2.05) is 30.0 Å². The van der Waals surface area contributed by atoms with Gasteiger partial charge in [0.05, 0.1) is 41.7 Å². The number of ether oxygens (including phenoxy) is 2. The number of hydrogen-bond acceptors (Lipinski definition) is 13. The largest absolute Gasteiger partial charge is 0.508 e. The van der Waals surface area contributed by atoms with E-state index in [0.717, 1.165) is 69.0 Å². The number of pyridine rings is 1. The predicted octanol–water partition coefficient (Wildman–Crippen LogP) is 7.40. The van der Waals surface area contributed by atoms with E-state index in [-0.39, 0.29) is 81.8 Å². The molecule has 6 heterocycles. The molecular weight excluding hydrogens is 909 g/mol. The fourth-order valence-electron chi connectivity index (χ4n) is 11.6. The number of amides is 2. The van der Waals surface area contributed by atoms with Crippen molar-refractivity contribution in [3.8, 4) is 23.0 Å². The molecule has 3 aromatic carbocycles. The Kier molecular flexibility index (Phi) is 13.4. The molecule has 0 bridgehead atoms. The van der Waals surface area contributed by atoms with Crippen molar-refractivity contribution >= 4 is 57.0 Å². The molecule has 5 aromatic rings. The van der Waals surface area contributed by atoms with Crippen LogP contribution in [-0.2, 0) is 25.5 Å². The number of nitrogens with zero attached hydrogens (tertiary/aromatic N) is 6. The summed E-state index contributed by atoms with van der Waals surface area (Å²) >= 11 is 0. The van der Waals surface area contributed by atoms with Gasteiger partial charge in [0.1, 0.15) is 34.9 Å². The average molecular weight is 972 g/mol. The normalized spacial score (nSPS) is 20.6. The number of halogens is 2. The predicted molar refractivity (Wildman–Crippen MR) is 267 cm³/mol. The molecule has 10 rings (SSSR count). The number of phenolic OH excluding ortho intramolecular Hbond substituents is 1. The molecule has 1 unspecified atom stereocenters. The lowest BCUT2D eigenvalue weighted by molar-refractivity contribution is -0.151. The summed E-state index contributed by atoms with van der Waals surface area (Å²) in [6.45, 7) is 7.60. The Morgan fingerprint density at radius 3 is 2.52 bits per heavy atom. The number of nitrogens with one attached hydrogen (secondary N) is 3. The standard InChI is InChI=1S/C54H63F2N9O6/c1-4-37-42(55)11-9-34-23-36(67)25-40(44(34)37)47-45(56)48-41(26-60-47)49(65-18-6-14-54(30-65)17-22-71-54)62-52(61-48)70-31-53(15-16-53)29-63-27-35(28-63)51(69)64-19-12-32(13-20-64)33-8-10-38(43(24-33)58-2)46(57)39(7-5-21-66)50(68)59-3/h8-11,21,23-26,32,35,39,57-58,67H,4-7,12-20,22,27-31H2,1-3H3,(H,59,68)/t39?,54-/m0/s1. The lowest BCUT2D eigenvalue weighted by Gasteiger charge is -2.48. The number of benzene rings is 3. The third-order valence-corrected chi connectivity index (χ3v) is 15.9. The monoisotopic (exact) mass is 971 g/mol. The highest BCUT2D eigenvalue weighted by Gasteiger charge is 2.49. The summed E-state index contributed by atoms with van der Waals surface area (Å²) in [7, 11) is 3.33. The van der Waals surface area contributed by atoms with Gasteiger partial charge in [-0.2, -0.15) is 9.97 Å². The molecule has 2 amide bonds. The summed E-state index contributed by atoms with van der Waals surface area (Å²) in [5.74, 6) is -1.35. The number of aryl methyl sites for hydroxylation is 1. The molecule has 0 radical (unpaired) electrons. The maximum atomic E-state index is 17.2. The Balaban J connectivity index is 0.798. The number of piperidine rings is 2. The van der Waals surface area contributed by atoms with Gasteiger partial charge in [0.25, 0.3) is 0 Å². The van der Waals surface area contributed by atoms with Crippen molar-refractivity contribution in [2.24, 2.45) is 17.3 Å². The highest BCUT2D eigenvalue weighted by atomic mass is 19.1. The van der Waals surface area contributed by atoms with Gasteiger partial charge in [0, 0.05) is 101 Å². The number of aromatic hydroxyl groups is 1. The topological polar surface area (TPSA) is 186 Å². The number of aldehydes is 1. The van der Waals surface area contributed by atoms with Crippen molar-refractivity contribution in [1.82, 2.24) is 30.1 Å². The van der Waals surface area contributed by atoms with Gasteiger partial charge in [-0.1, -0.05) is 25.1 Å². The zero-order valence-electron chi connectivity index (χ0n) is 40.8. The molecule has 4 N–H and O–H groups in total. The van der Waals surface area contributed by atoms with Crippen LogP contribution in [0.4, 0.5) is 20.3 Å². The quantitative estimate of drug-likeness (QED) is 0.0536. The third-order valence-electron chi connectivity index (χ3n) is 15.9. The van der Waals surface area contributed by atoms with Crippen molar-refractivity contribution in [2.75, 3.05) is 83.3 Å². The molecule has 17 heteroatoms.